The van der Waals surface area contributed by atoms with Gasteiger partial charge in [0.2, 0.25) is 0 Å². The summed E-state index contributed by atoms with van der Waals surface area (Å²) >= 11 is 1.90. The van der Waals surface area contributed by atoms with Gasteiger partial charge in [-0.15, -0.1) is 11.3 Å². The molecule has 4 nitrogen and oxygen atoms in total. The molecule has 1 aliphatic heterocycles. The Labute approximate surface area is 281 Å². The molecule has 0 radical (unpaired) electrons. The highest BCUT2D eigenvalue weighted by Gasteiger charge is 2.26. The van der Waals surface area contributed by atoms with Crippen LogP contribution in [0.25, 0.3) is 58.4 Å². The van der Waals surface area contributed by atoms with Gasteiger partial charge < -0.3 is 9.88 Å². The van der Waals surface area contributed by atoms with Crippen molar-refractivity contribution in [2.45, 2.75) is 12.3 Å². The molecule has 0 spiro atoms. The molecule has 228 valence electrons. The Morgan fingerprint density at radius 3 is 1.90 bits per heavy atom. The fraction of sp³-hybridized carbons (Fsp3) is 0.0465. The van der Waals surface area contributed by atoms with E-state index in [4.69, 9.17) is 4.99 Å². The molecule has 0 bridgehead atoms. The number of amidine groups is 1. The zero-order valence-electron chi connectivity index (χ0n) is 26.0. The smallest absolute Gasteiger partial charge is 0.131 e. The minimum atomic E-state index is -0.167. The van der Waals surface area contributed by atoms with Crippen LogP contribution in [0.1, 0.15) is 29.0 Å². The molecule has 10 rings (SSSR count). The maximum Gasteiger partial charge on any atom is 0.131 e. The lowest BCUT2D eigenvalue weighted by Gasteiger charge is -2.32. The van der Waals surface area contributed by atoms with Crippen LogP contribution in [0.2, 0.25) is 0 Å². The summed E-state index contributed by atoms with van der Waals surface area (Å²) in [4.78, 5) is 5.18. The second-order valence-corrected chi connectivity index (χ2v) is 13.5. The minimum absolute atomic E-state index is 0.0737. The summed E-state index contributed by atoms with van der Waals surface area (Å²) < 4.78 is 5.11. The van der Waals surface area contributed by atoms with Crippen molar-refractivity contribution in [2.24, 2.45) is 4.99 Å². The Bertz CT molecular complexity index is 2670. The maximum absolute atomic E-state index is 5.18. The van der Waals surface area contributed by atoms with E-state index in [1.165, 1.54) is 58.3 Å². The summed E-state index contributed by atoms with van der Waals surface area (Å²) in [6, 6.07) is 56.5. The third kappa shape index (κ3) is 4.22. The predicted octanol–water partition coefficient (Wildman–Crippen LogP) is 10.6. The SMILES string of the molecule is c1ccc(C2N=C(c3ccc(-n4c5ccccc5c5c6ccccc6c6c7ccccc7sc6c54)cc3)NC(c3ccccc3)N2)cc1. The van der Waals surface area contributed by atoms with E-state index in [-0.39, 0.29) is 12.3 Å². The van der Waals surface area contributed by atoms with Crippen molar-refractivity contribution >= 4 is 69.9 Å². The van der Waals surface area contributed by atoms with Crippen molar-refractivity contribution in [1.29, 1.82) is 0 Å². The van der Waals surface area contributed by atoms with Gasteiger partial charge >= 0.3 is 0 Å². The topological polar surface area (TPSA) is 41.4 Å². The summed E-state index contributed by atoms with van der Waals surface area (Å²) in [5, 5.41) is 15.2. The number of hydrogen-bond donors (Lipinski definition) is 2. The Morgan fingerprint density at radius 2 is 1.15 bits per heavy atom. The second-order valence-electron chi connectivity index (χ2n) is 12.4. The molecule has 7 aromatic carbocycles. The lowest BCUT2D eigenvalue weighted by molar-refractivity contribution is 0.409. The van der Waals surface area contributed by atoms with E-state index in [1.54, 1.807) is 0 Å². The first-order valence-corrected chi connectivity index (χ1v) is 17.2. The third-order valence-corrected chi connectivity index (χ3v) is 10.8. The molecule has 2 aromatic heterocycles. The van der Waals surface area contributed by atoms with E-state index in [1.807, 2.05) is 17.4 Å². The van der Waals surface area contributed by atoms with Gasteiger partial charge in [-0.1, -0.05) is 121 Å². The van der Waals surface area contributed by atoms with Gasteiger partial charge in [0, 0.05) is 37.5 Å². The van der Waals surface area contributed by atoms with E-state index in [2.05, 4.69) is 167 Å². The molecule has 2 N–H and O–H groups in total. The highest BCUT2D eigenvalue weighted by Crippen LogP contribution is 2.47. The maximum atomic E-state index is 5.18. The highest BCUT2D eigenvalue weighted by atomic mass is 32.1. The van der Waals surface area contributed by atoms with E-state index >= 15 is 0 Å². The summed E-state index contributed by atoms with van der Waals surface area (Å²) in [6.45, 7) is 0. The summed E-state index contributed by atoms with van der Waals surface area (Å²) in [7, 11) is 0. The summed E-state index contributed by atoms with van der Waals surface area (Å²) in [5.41, 5.74) is 6.98. The molecule has 1 aliphatic rings. The first kappa shape index (κ1) is 27.4. The van der Waals surface area contributed by atoms with Gasteiger partial charge in [0.15, 0.2) is 0 Å². The summed E-state index contributed by atoms with van der Waals surface area (Å²) in [5.74, 6) is 0.878. The zero-order chi connectivity index (χ0) is 31.6. The van der Waals surface area contributed by atoms with E-state index in [0.29, 0.717) is 0 Å². The number of aliphatic imine (C=N–C) groups is 1. The third-order valence-electron chi connectivity index (χ3n) is 9.66. The first-order valence-electron chi connectivity index (χ1n) is 16.4. The molecule has 0 fully saturated rings. The number of nitrogens with zero attached hydrogens (tertiary/aromatic N) is 2. The molecule has 0 saturated carbocycles. The van der Waals surface area contributed by atoms with Crippen LogP contribution in [0.4, 0.5) is 0 Å². The van der Waals surface area contributed by atoms with Gasteiger partial charge in [0.1, 0.15) is 18.2 Å². The molecule has 2 atom stereocenters. The fourth-order valence-electron chi connectivity index (χ4n) is 7.49. The first-order chi connectivity index (χ1) is 23.8. The van der Waals surface area contributed by atoms with Crippen molar-refractivity contribution in [2.75, 3.05) is 0 Å². The van der Waals surface area contributed by atoms with Crippen LogP contribution in [0.5, 0.6) is 0 Å². The number of rotatable bonds is 4. The van der Waals surface area contributed by atoms with Crippen molar-refractivity contribution in [3.63, 3.8) is 0 Å². The monoisotopic (exact) mass is 634 g/mol. The number of thiophene rings is 1. The predicted molar refractivity (Wildman–Crippen MR) is 202 cm³/mol. The number of para-hydroxylation sites is 1. The Kier molecular flexibility index (Phi) is 6.22. The molecule has 2 unspecified atom stereocenters. The molecule has 0 saturated heterocycles. The lowest BCUT2D eigenvalue weighted by atomic mass is 9.99. The minimum Gasteiger partial charge on any atom is -0.350 e. The van der Waals surface area contributed by atoms with Gasteiger partial charge in [0.25, 0.3) is 0 Å². The van der Waals surface area contributed by atoms with E-state index in [0.717, 1.165) is 22.6 Å². The molecular weight excluding hydrogens is 605 g/mol. The Balaban J connectivity index is 1.17. The van der Waals surface area contributed by atoms with Gasteiger partial charge in [-0.2, -0.15) is 0 Å². The molecular formula is C43H30N4S. The van der Waals surface area contributed by atoms with Crippen LogP contribution in [-0.4, -0.2) is 10.4 Å². The molecule has 48 heavy (non-hydrogen) atoms. The van der Waals surface area contributed by atoms with Crippen molar-refractivity contribution in [3.05, 3.63) is 174 Å². The molecule has 3 heterocycles. The zero-order valence-corrected chi connectivity index (χ0v) is 26.8. The molecule has 9 aromatic rings. The van der Waals surface area contributed by atoms with Crippen LogP contribution in [0.3, 0.4) is 0 Å². The Hall–Kier alpha value is -5.75. The summed E-state index contributed by atoms with van der Waals surface area (Å²) in [6.07, 6.45) is -0.241. The molecule has 0 aliphatic carbocycles. The number of fused-ring (bicyclic) bond motifs is 10. The Morgan fingerprint density at radius 1 is 0.542 bits per heavy atom. The fourth-order valence-corrected chi connectivity index (χ4v) is 8.75. The van der Waals surface area contributed by atoms with Crippen LogP contribution in [0.15, 0.2) is 163 Å². The highest BCUT2D eigenvalue weighted by molar-refractivity contribution is 7.27. The number of benzene rings is 7. The van der Waals surface area contributed by atoms with Crippen molar-refractivity contribution < 1.29 is 0 Å². The van der Waals surface area contributed by atoms with Crippen molar-refractivity contribution in [1.82, 2.24) is 15.2 Å². The van der Waals surface area contributed by atoms with Crippen LogP contribution < -0.4 is 10.6 Å². The van der Waals surface area contributed by atoms with Gasteiger partial charge in [-0.25, -0.2) is 4.99 Å². The van der Waals surface area contributed by atoms with Gasteiger partial charge in [0.05, 0.1) is 15.7 Å². The largest absolute Gasteiger partial charge is 0.350 e. The molecule has 5 heteroatoms. The standard InChI is InChI=1S/C43H30N4S/c1-3-13-27(14-4-1)41-44-42(28-15-5-2-6-16-28)46-43(45-41)29-23-25-30(26-24-29)47-35-21-11-9-19-33(35)37-31-17-7-8-18-32(31)38-34-20-10-12-22-36(34)48-40(38)39(37)47/h1-26,41-42,44H,(H,45,46). The number of aromatic nitrogens is 1. The molecule has 0 amide bonds. The quantitative estimate of drug-likeness (QED) is 0.202. The number of hydrogen-bond acceptors (Lipinski definition) is 4. The average Bonchev–Trinajstić information content (AvgIpc) is 3.73. The van der Waals surface area contributed by atoms with Crippen LogP contribution >= 0.6 is 11.3 Å². The van der Waals surface area contributed by atoms with E-state index in [9.17, 15) is 0 Å². The average molecular weight is 635 g/mol. The lowest BCUT2D eigenvalue weighted by Crippen LogP contribution is -2.44. The van der Waals surface area contributed by atoms with E-state index < -0.39 is 0 Å². The number of nitrogens with one attached hydrogen (secondary N) is 2. The normalized spacial score (nSPS) is 16.5. The van der Waals surface area contributed by atoms with Crippen LogP contribution in [-0.2, 0) is 0 Å². The van der Waals surface area contributed by atoms with Crippen LogP contribution in [0, 0.1) is 0 Å². The van der Waals surface area contributed by atoms with Crippen molar-refractivity contribution in [3.8, 4) is 5.69 Å². The second kappa shape index (κ2) is 10.9. The van der Waals surface area contributed by atoms with Gasteiger partial charge in [-0.05, 0) is 58.3 Å². The van der Waals surface area contributed by atoms with Gasteiger partial charge in [-0.3, -0.25) is 5.32 Å².